The number of rotatable bonds is 4. The Morgan fingerprint density at radius 1 is 0.723 bits per heavy atom. The lowest BCUT2D eigenvalue weighted by atomic mass is 9.84. The van der Waals surface area contributed by atoms with Crippen molar-refractivity contribution in [2.24, 2.45) is 4.99 Å². The molecule has 3 heterocycles. The Morgan fingerprint density at radius 2 is 1.51 bits per heavy atom. The Balaban J connectivity index is 1.14. The van der Waals surface area contributed by atoms with Crippen LogP contribution in [-0.4, -0.2) is 27.6 Å². The highest BCUT2D eigenvalue weighted by atomic mass is 16.5. The first kappa shape index (κ1) is 29.5. The molecule has 1 aliphatic carbocycles. The Bertz CT molecular complexity index is 2250. The van der Waals surface area contributed by atoms with Crippen LogP contribution in [0.25, 0.3) is 27.6 Å². The summed E-state index contributed by atoms with van der Waals surface area (Å²) in [5, 5.41) is 2.38. The highest BCUT2D eigenvalue weighted by Gasteiger charge is 2.36. The molecule has 0 amide bonds. The van der Waals surface area contributed by atoms with E-state index in [-0.39, 0.29) is 17.6 Å². The number of aromatic nitrogens is 2. The predicted molar refractivity (Wildman–Crippen MR) is 192 cm³/mol. The van der Waals surface area contributed by atoms with Gasteiger partial charge in [-0.1, -0.05) is 44.5 Å². The van der Waals surface area contributed by atoms with Gasteiger partial charge in [-0.15, -0.1) is 0 Å². The topological polar surface area (TPSA) is 48.6 Å². The third-order valence-corrected chi connectivity index (χ3v) is 9.91. The largest absolute Gasteiger partial charge is 0.472 e. The summed E-state index contributed by atoms with van der Waals surface area (Å²) >= 11 is 0. The Hall–Kier alpha value is -4.90. The average molecular weight is 620 g/mol. The summed E-state index contributed by atoms with van der Waals surface area (Å²) in [5.74, 6) is 3.15. The van der Waals surface area contributed by atoms with Crippen molar-refractivity contribution in [2.45, 2.75) is 78.9 Å². The summed E-state index contributed by atoms with van der Waals surface area (Å²) in [5.41, 5.74) is 12.2. The minimum absolute atomic E-state index is 0.0113. The van der Waals surface area contributed by atoms with Gasteiger partial charge in [0.15, 0.2) is 0 Å². The quantitative estimate of drug-likeness (QED) is 0.197. The summed E-state index contributed by atoms with van der Waals surface area (Å²) in [6.07, 6.45) is 3.80. The van der Waals surface area contributed by atoms with Crippen LogP contribution >= 0.6 is 0 Å². The number of pyridine rings is 1. The predicted octanol–water partition coefficient (Wildman–Crippen LogP) is 9.81. The number of benzene rings is 4. The maximum Gasteiger partial charge on any atom is 0.217 e. The molecule has 2 aromatic heterocycles. The first-order valence-electron chi connectivity index (χ1n) is 16.7. The molecule has 47 heavy (non-hydrogen) atoms. The molecule has 2 aliphatic rings. The van der Waals surface area contributed by atoms with E-state index in [0.717, 1.165) is 52.3 Å². The molecular formula is C42H41N3O2. The Labute approximate surface area is 276 Å². The number of hydrogen-bond acceptors (Lipinski definition) is 4. The third-order valence-electron chi connectivity index (χ3n) is 9.91. The highest BCUT2D eigenvalue weighted by Crippen LogP contribution is 2.37. The number of aryl methyl sites for hydroxylation is 4. The van der Waals surface area contributed by atoms with Gasteiger partial charge in [0.1, 0.15) is 23.4 Å². The molecule has 0 fully saturated rings. The molecule has 6 aromatic rings. The summed E-state index contributed by atoms with van der Waals surface area (Å²) in [6, 6.07) is 28.4. The maximum absolute atomic E-state index is 6.61. The van der Waals surface area contributed by atoms with Crippen LogP contribution in [0.3, 0.4) is 0 Å². The van der Waals surface area contributed by atoms with Gasteiger partial charge in [0.25, 0.3) is 0 Å². The van der Waals surface area contributed by atoms with Crippen LogP contribution in [0.4, 0.5) is 0 Å². The summed E-state index contributed by atoms with van der Waals surface area (Å²) < 4.78 is 15.4. The summed E-state index contributed by atoms with van der Waals surface area (Å²) in [6.45, 7) is 15.3. The summed E-state index contributed by atoms with van der Waals surface area (Å²) in [7, 11) is 0. The highest BCUT2D eigenvalue weighted by molar-refractivity contribution is 6.09. The number of nitrogens with zero attached hydrogens (tertiary/aromatic N) is 3. The molecule has 0 bridgehead atoms. The SMILES string of the molecule is Cc1cc(Oc2ccc3c4cc(C)ccc4n(-c4cc(C(C)(C)C)ccn4)c3c2)cc(C2=N[C@H]3Cc4cc(C)c(C)cc4C[C@@H]3O2)c1. The van der Waals surface area contributed by atoms with Gasteiger partial charge < -0.3 is 9.47 Å². The van der Waals surface area contributed by atoms with Gasteiger partial charge in [0, 0.05) is 35.0 Å². The maximum atomic E-state index is 6.61. The molecule has 5 nitrogen and oxygen atoms in total. The Morgan fingerprint density at radius 3 is 2.30 bits per heavy atom. The zero-order valence-electron chi connectivity index (χ0n) is 28.3. The van der Waals surface area contributed by atoms with Gasteiger partial charge in [-0.2, -0.15) is 0 Å². The minimum atomic E-state index is 0.0113. The van der Waals surface area contributed by atoms with Crippen LogP contribution in [0.5, 0.6) is 11.5 Å². The lowest BCUT2D eigenvalue weighted by molar-refractivity contribution is 0.184. The van der Waals surface area contributed by atoms with Gasteiger partial charge in [-0.25, -0.2) is 9.98 Å². The smallest absolute Gasteiger partial charge is 0.217 e. The number of hydrogen-bond donors (Lipinski definition) is 0. The van der Waals surface area contributed by atoms with Crippen LogP contribution < -0.4 is 4.74 Å². The van der Waals surface area contributed by atoms with Crippen LogP contribution in [0.1, 0.15) is 65.3 Å². The lowest BCUT2D eigenvalue weighted by Gasteiger charge is -2.26. The molecule has 0 saturated carbocycles. The molecule has 1 aliphatic heterocycles. The van der Waals surface area contributed by atoms with Crippen molar-refractivity contribution in [2.75, 3.05) is 0 Å². The van der Waals surface area contributed by atoms with E-state index in [2.05, 4.69) is 132 Å². The van der Waals surface area contributed by atoms with E-state index in [1.54, 1.807) is 0 Å². The van der Waals surface area contributed by atoms with E-state index < -0.39 is 0 Å². The van der Waals surface area contributed by atoms with Crippen LogP contribution in [-0.2, 0) is 23.0 Å². The van der Waals surface area contributed by atoms with Crippen LogP contribution in [0.15, 0.2) is 90.1 Å². The second-order valence-corrected chi connectivity index (χ2v) is 14.6. The van der Waals surface area contributed by atoms with E-state index in [4.69, 9.17) is 19.5 Å². The fraction of sp³-hybridized carbons (Fsp3) is 0.286. The van der Waals surface area contributed by atoms with Gasteiger partial charge in [0.2, 0.25) is 5.90 Å². The molecular weight excluding hydrogens is 578 g/mol. The first-order chi connectivity index (χ1) is 22.5. The zero-order valence-corrected chi connectivity index (χ0v) is 28.3. The van der Waals surface area contributed by atoms with E-state index in [1.165, 1.54) is 44.2 Å². The van der Waals surface area contributed by atoms with Crippen molar-refractivity contribution >= 4 is 27.7 Å². The molecule has 5 heteroatoms. The van der Waals surface area contributed by atoms with Crippen LogP contribution in [0.2, 0.25) is 0 Å². The number of fused-ring (bicyclic) bond motifs is 5. The zero-order chi connectivity index (χ0) is 32.6. The van der Waals surface area contributed by atoms with Gasteiger partial charge in [0.05, 0.1) is 17.1 Å². The lowest BCUT2D eigenvalue weighted by Crippen LogP contribution is -2.32. The van der Waals surface area contributed by atoms with Crippen LogP contribution in [0, 0.1) is 27.7 Å². The molecule has 8 rings (SSSR count). The monoisotopic (exact) mass is 619 g/mol. The third kappa shape index (κ3) is 5.28. The second-order valence-electron chi connectivity index (χ2n) is 14.6. The Kier molecular flexibility index (Phi) is 6.80. The molecule has 236 valence electrons. The molecule has 0 spiro atoms. The standard InChI is InChI=1S/C42H41N3O2/c1-24-8-11-37-35(16-24)34-10-9-32(23-38(34)45(37)40-22-31(12-13-43-40)42(5,6)7)46-33-15-25(2)14-30(19-33)41-44-36-20-28-17-26(3)27(4)18-29(28)21-39(36)47-41/h8-19,22-23,36,39H,20-21H2,1-7H3/t36-,39-/m0/s1. The molecule has 0 N–H and O–H groups in total. The first-order valence-corrected chi connectivity index (χ1v) is 16.7. The van der Waals surface area contributed by atoms with Gasteiger partial charge >= 0.3 is 0 Å². The molecule has 0 saturated heterocycles. The normalized spacial score (nSPS) is 17.4. The van der Waals surface area contributed by atoms with E-state index in [1.807, 2.05) is 6.20 Å². The van der Waals surface area contributed by atoms with Gasteiger partial charge in [-0.3, -0.25) is 4.57 Å². The van der Waals surface area contributed by atoms with Crippen molar-refractivity contribution in [3.63, 3.8) is 0 Å². The van der Waals surface area contributed by atoms with E-state index in [9.17, 15) is 0 Å². The fourth-order valence-electron chi connectivity index (χ4n) is 7.24. The average Bonchev–Trinajstić information content (AvgIpc) is 3.58. The summed E-state index contributed by atoms with van der Waals surface area (Å²) in [4.78, 5) is 9.94. The van der Waals surface area contributed by atoms with Crippen molar-refractivity contribution in [3.05, 3.63) is 130 Å². The minimum Gasteiger partial charge on any atom is -0.472 e. The van der Waals surface area contributed by atoms with Crippen molar-refractivity contribution in [1.29, 1.82) is 0 Å². The molecule has 0 unspecified atom stereocenters. The fourth-order valence-corrected chi connectivity index (χ4v) is 7.24. The van der Waals surface area contributed by atoms with Crippen molar-refractivity contribution < 1.29 is 9.47 Å². The number of aliphatic imine (C=N–C) groups is 1. The molecule has 2 atom stereocenters. The van der Waals surface area contributed by atoms with Crippen molar-refractivity contribution in [3.8, 4) is 17.3 Å². The van der Waals surface area contributed by atoms with E-state index in [0.29, 0.717) is 5.90 Å². The molecule has 0 radical (unpaired) electrons. The van der Waals surface area contributed by atoms with Gasteiger partial charge in [-0.05, 0) is 128 Å². The van der Waals surface area contributed by atoms with Crippen molar-refractivity contribution in [1.82, 2.24) is 9.55 Å². The second kappa shape index (κ2) is 10.8. The molecule has 4 aromatic carbocycles. The van der Waals surface area contributed by atoms with E-state index >= 15 is 0 Å². The number of ether oxygens (including phenoxy) is 2.